The van der Waals surface area contributed by atoms with Gasteiger partial charge in [-0.05, 0) is 31.5 Å². The SMILES string of the molecule is Cc1c(C(C)N)cnn1Cc1cccc(Br)c1. The fourth-order valence-corrected chi connectivity index (χ4v) is 2.32. The van der Waals surface area contributed by atoms with Crippen molar-refractivity contribution in [3.05, 3.63) is 51.8 Å². The van der Waals surface area contributed by atoms with Gasteiger partial charge in [-0.15, -0.1) is 0 Å². The highest BCUT2D eigenvalue weighted by molar-refractivity contribution is 9.10. The summed E-state index contributed by atoms with van der Waals surface area (Å²) in [6.45, 7) is 4.81. The van der Waals surface area contributed by atoms with Crippen molar-refractivity contribution in [2.75, 3.05) is 0 Å². The maximum atomic E-state index is 5.88. The molecule has 90 valence electrons. The predicted molar refractivity (Wildman–Crippen MR) is 72.8 cm³/mol. The lowest BCUT2D eigenvalue weighted by atomic mass is 10.1. The number of rotatable bonds is 3. The van der Waals surface area contributed by atoms with E-state index < -0.39 is 0 Å². The lowest BCUT2D eigenvalue weighted by molar-refractivity contribution is 0.660. The summed E-state index contributed by atoms with van der Waals surface area (Å²) in [5.41, 5.74) is 9.36. The largest absolute Gasteiger partial charge is 0.324 e. The molecule has 0 bridgehead atoms. The first kappa shape index (κ1) is 12.3. The average molecular weight is 294 g/mol. The molecule has 0 amide bonds. The Kier molecular flexibility index (Phi) is 3.64. The predicted octanol–water partition coefficient (Wildman–Crippen LogP) is 3.02. The van der Waals surface area contributed by atoms with E-state index >= 15 is 0 Å². The topological polar surface area (TPSA) is 43.8 Å². The highest BCUT2D eigenvalue weighted by Gasteiger charge is 2.09. The molecule has 0 aliphatic heterocycles. The molecule has 2 N–H and O–H groups in total. The summed E-state index contributed by atoms with van der Waals surface area (Å²) >= 11 is 3.47. The van der Waals surface area contributed by atoms with Gasteiger partial charge < -0.3 is 5.73 Å². The van der Waals surface area contributed by atoms with E-state index in [4.69, 9.17) is 5.73 Å². The maximum Gasteiger partial charge on any atom is 0.0662 e. The summed E-state index contributed by atoms with van der Waals surface area (Å²) in [7, 11) is 0. The number of nitrogens with two attached hydrogens (primary N) is 1. The van der Waals surface area contributed by atoms with E-state index in [0.717, 1.165) is 22.3 Å². The minimum absolute atomic E-state index is 0.0336. The molecule has 0 saturated heterocycles. The maximum absolute atomic E-state index is 5.88. The molecule has 0 aliphatic carbocycles. The van der Waals surface area contributed by atoms with Crippen LogP contribution in [-0.4, -0.2) is 9.78 Å². The van der Waals surface area contributed by atoms with E-state index in [9.17, 15) is 0 Å². The number of nitrogens with zero attached hydrogens (tertiary/aromatic N) is 2. The molecule has 1 heterocycles. The minimum Gasteiger partial charge on any atom is -0.324 e. The van der Waals surface area contributed by atoms with Crippen molar-refractivity contribution in [2.24, 2.45) is 5.73 Å². The highest BCUT2D eigenvalue weighted by atomic mass is 79.9. The molecule has 1 aromatic heterocycles. The van der Waals surface area contributed by atoms with Gasteiger partial charge in [-0.1, -0.05) is 28.1 Å². The van der Waals surface area contributed by atoms with Crippen molar-refractivity contribution >= 4 is 15.9 Å². The number of benzene rings is 1. The third kappa shape index (κ3) is 2.76. The van der Waals surface area contributed by atoms with Gasteiger partial charge in [0.15, 0.2) is 0 Å². The van der Waals surface area contributed by atoms with Crippen molar-refractivity contribution in [2.45, 2.75) is 26.4 Å². The Morgan fingerprint density at radius 3 is 2.82 bits per heavy atom. The van der Waals surface area contributed by atoms with Crippen LogP contribution in [0, 0.1) is 6.92 Å². The molecule has 1 unspecified atom stereocenters. The van der Waals surface area contributed by atoms with Crippen molar-refractivity contribution in [1.29, 1.82) is 0 Å². The van der Waals surface area contributed by atoms with Crippen LogP contribution in [-0.2, 0) is 6.54 Å². The zero-order chi connectivity index (χ0) is 12.4. The molecule has 0 saturated carbocycles. The van der Waals surface area contributed by atoms with Crippen LogP contribution in [0.1, 0.15) is 29.8 Å². The third-order valence-corrected chi connectivity index (χ3v) is 3.35. The molecule has 1 aromatic carbocycles. The second kappa shape index (κ2) is 5.02. The van der Waals surface area contributed by atoms with Gasteiger partial charge in [-0.25, -0.2) is 0 Å². The van der Waals surface area contributed by atoms with Crippen molar-refractivity contribution in [3.63, 3.8) is 0 Å². The number of aromatic nitrogens is 2. The molecule has 2 rings (SSSR count). The normalized spacial score (nSPS) is 12.7. The molecule has 3 nitrogen and oxygen atoms in total. The number of hydrogen-bond acceptors (Lipinski definition) is 2. The van der Waals surface area contributed by atoms with Crippen LogP contribution < -0.4 is 5.73 Å². The highest BCUT2D eigenvalue weighted by Crippen LogP contribution is 2.17. The van der Waals surface area contributed by atoms with E-state index in [1.165, 1.54) is 5.56 Å². The summed E-state index contributed by atoms with van der Waals surface area (Å²) in [4.78, 5) is 0. The second-order valence-electron chi connectivity index (χ2n) is 4.26. The monoisotopic (exact) mass is 293 g/mol. The molecule has 0 aliphatic rings. The van der Waals surface area contributed by atoms with Crippen LogP contribution >= 0.6 is 15.9 Å². The van der Waals surface area contributed by atoms with Crippen molar-refractivity contribution in [1.82, 2.24) is 9.78 Å². The Balaban J connectivity index is 2.25. The fraction of sp³-hybridized carbons (Fsp3) is 0.308. The van der Waals surface area contributed by atoms with Crippen LogP contribution in [0.2, 0.25) is 0 Å². The van der Waals surface area contributed by atoms with Crippen LogP contribution in [0.25, 0.3) is 0 Å². The van der Waals surface area contributed by atoms with Crippen molar-refractivity contribution < 1.29 is 0 Å². The summed E-state index contributed by atoms with van der Waals surface area (Å²) in [6, 6.07) is 8.29. The lowest BCUT2D eigenvalue weighted by Crippen LogP contribution is -2.08. The Labute approximate surface area is 110 Å². The first-order chi connectivity index (χ1) is 8.08. The molecule has 4 heteroatoms. The first-order valence-electron chi connectivity index (χ1n) is 5.60. The van der Waals surface area contributed by atoms with E-state index in [1.54, 1.807) is 0 Å². The average Bonchev–Trinajstić information content (AvgIpc) is 2.61. The minimum atomic E-state index is 0.0336. The Morgan fingerprint density at radius 2 is 2.24 bits per heavy atom. The van der Waals surface area contributed by atoms with Crippen LogP contribution in [0.5, 0.6) is 0 Å². The fourth-order valence-electron chi connectivity index (χ4n) is 1.88. The molecule has 0 spiro atoms. The standard InChI is InChI=1S/C13H16BrN3/c1-9(15)13-7-16-17(10(13)2)8-11-4-3-5-12(14)6-11/h3-7,9H,8,15H2,1-2H3. The lowest BCUT2D eigenvalue weighted by Gasteiger charge is -2.07. The molecular formula is C13H16BrN3. The number of halogens is 1. The quantitative estimate of drug-likeness (QED) is 0.945. The third-order valence-electron chi connectivity index (χ3n) is 2.85. The van der Waals surface area contributed by atoms with Gasteiger partial charge in [0.2, 0.25) is 0 Å². The molecule has 2 aromatic rings. The van der Waals surface area contributed by atoms with Gasteiger partial charge in [0.05, 0.1) is 12.7 Å². The second-order valence-corrected chi connectivity index (χ2v) is 5.18. The summed E-state index contributed by atoms with van der Waals surface area (Å²) in [5.74, 6) is 0. The molecular weight excluding hydrogens is 278 g/mol. The summed E-state index contributed by atoms with van der Waals surface area (Å²) < 4.78 is 3.08. The van der Waals surface area contributed by atoms with Crippen LogP contribution in [0.4, 0.5) is 0 Å². The molecule has 1 atom stereocenters. The summed E-state index contributed by atoms with van der Waals surface area (Å²) in [5, 5.41) is 4.38. The smallest absolute Gasteiger partial charge is 0.0662 e. The first-order valence-corrected chi connectivity index (χ1v) is 6.39. The van der Waals surface area contributed by atoms with Gasteiger partial charge in [0.25, 0.3) is 0 Å². The zero-order valence-electron chi connectivity index (χ0n) is 10.0. The van der Waals surface area contributed by atoms with Gasteiger partial charge in [0.1, 0.15) is 0 Å². The Hall–Kier alpha value is -1.13. The van der Waals surface area contributed by atoms with Gasteiger partial charge in [-0.3, -0.25) is 4.68 Å². The van der Waals surface area contributed by atoms with E-state index in [0.29, 0.717) is 0 Å². The van der Waals surface area contributed by atoms with E-state index in [-0.39, 0.29) is 6.04 Å². The number of hydrogen-bond donors (Lipinski definition) is 1. The van der Waals surface area contributed by atoms with Gasteiger partial charge in [-0.2, -0.15) is 5.10 Å². The Morgan fingerprint density at radius 1 is 1.47 bits per heavy atom. The van der Waals surface area contributed by atoms with Crippen molar-refractivity contribution in [3.8, 4) is 0 Å². The van der Waals surface area contributed by atoms with Crippen LogP contribution in [0.15, 0.2) is 34.9 Å². The molecule has 0 fully saturated rings. The van der Waals surface area contributed by atoms with E-state index in [1.807, 2.05) is 29.9 Å². The zero-order valence-corrected chi connectivity index (χ0v) is 11.6. The molecule has 17 heavy (non-hydrogen) atoms. The Bertz CT molecular complexity index is 517. The van der Waals surface area contributed by atoms with Crippen LogP contribution in [0.3, 0.4) is 0 Å². The van der Waals surface area contributed by atoms with Gasteiger partial charge >= 0.3 is 0 Å². The molecule has 0 radical (unpaired) electrons. The van der Waals surface area contributed by atoms with E-state index in [2.05, 4.69) is 40.1 Å². The summed E-state index contributed by atoms with van der Waals surface area (Å²) in [6.07, 6.45) is 1.86. The van der Waals surface area contributed by atoms with Gasteiger partial charge in [0, 0.05) is 21.8 Å².